The quantitative estimate of drug-likeness (QED) is 0.930. The van der Waals surface area contributed by atoms with E-state index in [2.05, 4.69) is 0 Å². The zero-order chi connectivity index (χ0) is 14.0. The van der Waals surface area contributed by atoms with Crippen LogP contribution in [0.2, 0.25) is 0 Å². The first-order valence-corrected chi connectivity index (χ1v) is 6.55. The van der Waals surface area contributed by atoms with E-state index in [-0.39, 0.29) is 5.56 Å². The van der Waals surface area contributed by atoms with Gasteiger partial charge in [-0.25, -0.2) is 4.79 Å². The molecule has 2 rings (SSSR count). The molecule has 0 saturated heterocycles. The molecule has 0 radical (unpaired) electrons. The highest BCUT2D eigenvalue weighted by Gasteiger charge is 2.18. The Morgan fingerprint density at radius 2 is 1.89 bits per heavy atom. The van der Waals surface area contributed by atoms with Crippen LogP contribution in [-0.2, 0) is 0 Å². The fraction of sp³-hybridized carbons (Fsp3) is 0.214. The van der Waals surface area contributed by atoms with Crippen LogP contribution in [-0.4, -0.2) is 25.3 Å². The molecule has 0 aliphatic carbocycles. The van der Waals surface area contributed by atoms with Crippen LogP contribution in [0.1, 0.15) is 15.9 Å². The summed E-state index contributed by atoms with van der Waals surface area (Å²) in [5.41, 5.74) is 2.57. The lowest BCUT2D eigenvalue weighted by Crippen LogP contribution is -1.99. The van der Waals surface area contributed by atoms with Crippen LogP contribution < -0.4 is 9.47 Å². The number of carbonyl (C=O) groups is 1. The van der Waals surface area contributed by atoms with Gasteiger partial charge in [0.15, 0.2) is 0 Å². The van der Waals surface area contributed by atoms with E-state index in [0.29, 0.717) is 17.1 Å². The van der Waals surface area contributed by atoms with Crippen molar-refractivity contribution < 1.29 is 19.4 Å². The minimum absolute atomic E-state index is 0.285. The molecule has 19 heavy (non-hydrogen) atoms. The molecule has 1 N–H and O–H groups in total. The van der Waals surface area contributed by atoms with Crippen LogP contribution in [0.15, 0.2) is 22.9 Å². The Hall–Kier alpha value is -2.01. The normalized spacial score (nSPS) is 10.3. The van der Waals surface area contributed by atoms with Crippen LogP contribution in [0.25, 0.3) is 11.1 Å². The number of thiophene rings is 1. The van der Waals surface area contributed by atoms with Crippen LogP contribution in [0.5, 0.6) is 11.5 Å². The van der Waals surface area contributed by atoms with E-state index in [9.17, 15) is 9.90 Å². The number of aromatic carboxylic acids is 1. The first kappa shape index (κ1) is 13.4. The molecule has 1 aromatic carbocycles. The Labute approximate surface area is 115 Å². The van der Waals surface area contributed by atoms with Crippen LogP contribution in [0, 0.1) is 6.92 Å². The van der Waals surface area contributed by atoms with Crippen molar-refractivity contribution in [2.24, 2.45) is 0 Å². The highest BCUT2D eigenvalue weighted by molar-refractivity contribution is 7.08. The van der Waals surface area contributed by atoms with Crippen molar-refractivity contribution in [1.29, 1.82) is 0 Å². The zero-order valence-electron chi connectivity index (χ0n) is 10.9. The van der Waals surface area contributed by atoms with Gasteiger partial charge in [-0.3, -0.25) is 0 Å². The summed E-state index contributed by atoms with van der Waals surface area (Å²) in [6, 6.07) is 3.63. The topological polar surface area (TPSA) is 55.8 Å². The summed E-state index contributed by atoms with van der Waals surface area (Å²) in [4.78, 5) is 11.2. The number of carboxylic acid groups (broad SMARTS) is 1. The number of carboxylic acids is 1. The second-order valence-corrected chi connectivity index (χ2v) is 4.72. The molecule has 0 aliphatic heterocycles. The Kier molecular flexibility index (Phi) is 3.76. The van der Waals surface area contributed by atoms with Crippen molar-refractivity contribution in [2.45, 2.75) is 6.92 Å². The van der Waals surface area contributed by atoms with Gasteiger partial charge in [0.1, 0.15) is 11.5 Å². The van der Waals surface area contributed by atoms with Gasteiger partial charge in [0.2, 0.25) is 0 Å². The van der Waals surface area contributed by atoms with Gasteiger partial charge in [-0.1, -0.05) is 0 Å². The SMILES string of the molecule is COc1ccc(-c2cscc2C(=O)O)c(OC)c1C. The van der Waals surface area contributed by atoms with Gasteiger partial charge < -0.3 is 14.6 Å². The highest BCUT2D eigenvalue weighted by Crippen LogP contribution is 2.40. The maximum absolute atomic E-state index is 11.2. The molecular formula is C14H14O4S. The van der Waals surface area contributed by atoms with Gasteiger partial charge in [0.05, 0.1) is 19.8 Å². The molecule has 4 nitrogen and oxygen atoms in total. The zero-order valence-corrected chi connectivity index (χ0v) is 11.7. The van der Waals surface area contributed by atoms with Gasteiger partial charge in [-0.2, -0.15) is 11.3 Å². The lowest BCUT2D eigenvalue weighted by molar-refractivity contribution is 0.0698. The third-order valence-electron chi connectivity index (χ3n) is 2.96. The molecule has 0 amide bonds. The minimum Gasteiger partial charge on any atom is -0.496 e. The number of ether oxygens (including phenoxy) is 2. The number of hydrogen-bond donors (Lipinski definition) is 1. The third-order valence-corrected chi connectivity index (χ3v) is 3.71. The summed E-state index contributed by atoms with van der Waals surface area (Å²) in [5, 5.41) is 12.6. The molecule has 0 unspecified atom stereocenters. The summed E-state index contributed by atoms with van der Waals surface area (Å²) in [7, 11) is 3.16. The first-order valence-electron chi connectivity index (χ1n) is 5.61. The molecule has 0 fully saturated rings. The summed E-state index contributed by atoms with van der Waals surface area (Å²) >= 11 is 1.36. The van der Waals surface area contributed by atoms with Crippen molar-refractivity contribution in [3.8, 4) is 22.6 Å². The Morgan fingerprint density at radius 3 is 2.47 bits per heavy atom. The molecule has 0 spiro atoms. The molecule has 2 aromatic rings. The Bertz CT molecular complexity index is 616. The van der Waals surface area contributed by atoms with Crippen molar-refractivity contribution in [1.82, 2.24) is 0 Å². The van der Waals surface area contributed by atoms with Gasteiger partial charge in [-0.15, -0.1) is 0 Å². The van der Waals surface area contributed by atoms with Crippen LogP contribution >= 0.6 is 11.3 Å². The van der Waals surface area contributed by atoms with Gasteiger partial charge in [-0.05, 0) is 24.4 Å². The molecule has 0 bridgehead atoms. The van der Waals surface area contributed by atoms with Crippen LogP contribution in [0.3, 0.4) is 0 Å². The first-order chi connectivity index (χ1) is 9.10. The van der Waals surface area contributed by atoms with Gasteiger partial charge in [0.25, 0.3) is 0 Å². The summed E-state index contributed by atoms with van der Waals surface area (Å²) < 4.78 is 10.7. The molecule has 0 aliphatic rings. The molecule has 0 atom stereocenters. The lowest BCUT2D eigenvalue weighted by Gasteiger charge is -2.14. The van der Waals surface area contributed by atoms with E-state index in [1.165, 1.54) is 11.3 Å². The number of hydrogen-bond acceptors (Lipinski definition) is 4. The van der Waals surface area contributed by atoms with Gasteiger partial charge >= 0.3 is 5.97 Å². The fourth-order valence-electron chi connectivity index (χ4n) is 2.04. The average Bonchev–Trinajstić information content (AvgIpc) is 2.87. The maximum atomic E-state index is 11.2. The average molecular weight is 278 g/mol. The predicted octanol–water partition coefficient (Wildman–Crippen LogP) is 3.44. The van der Waals surface area contributed by atoms with Crippen molar-refractivity contribution in [3.05, 3.63) is 34.0 Å². The molecular weight excluding hydrogens is 264 g/mol. The second kappa shape index (κ2) is 5.32. The summed E-state index contributed by atoms with van der Waals surface area (Å²) in [6.07, 6.45) is 0. The van der Waals surface area contributed by atoms with E-state index < -0.39 is 5.97 Å². The van der Waals surface area contributed by atoms with E-state index >= 15 is 0 Å². The summed E-state index contributed by atoms with van der Waals surface area (Å²) in [6.45, 7) is 1.88. The number of rotatable bonds is 4. The highest BCUT2D eigenvalue weighted by atomic mass is 32.1. The van der Waals surface area contributed by atoms with Crippen molar-refractivity contribution >= 4 is 17.3 Å². The van der Waals surface area contributed by atoms with E-state index in [1.807, 2.05) is 24.4 Å². The largest absolute Gasteiger partial charge is 0.496 e. The Balaban J connectivity index is 2.65. The molecule has 100 valence electrons. The smallest absolute Gasteiger partial charge is 0.337 e. The second-order valence-electron chi connectivity index (χ2n) is 3.98. The minimum atomic E-state index is -0.938. The van der Waals surface area contributed by atoms with Crippen molar-refractivity contribution in [2.75, 3.05) is 14.2 Å². The van der Waals surface area contributed by atoms with Gasteiger partial charge in [0, 0.05) is 22.1 Å². The number of methoxy groups -OCH3 is 2. The molecule has 0 saturated carbocycles. The standard InChI is InChI=1S/C14H14O4S/c1-8-12(17-2)5-4-9(13(8)18-3)10-6-19-7-11(10)14(15)16/h4-7H,1-3H3,(H,15,16). The molecule has 5 heteroatoms. The Morgan fingerprint density at radius 1 is 1.16 bits per heavy atom. The van der Waals surface area contributed by atoms with E-state index in [4.69, 9.17) is 9.47 Å². The molecule has 1 aromatic heterocycles. The maximum Gasteiger partial charge on any atom is 0.337 e. The summed E-state index contributed by atoms with van der Waals surface area (Å²) in [5.74, 6) is 0.416. The van der Waals surface area contributed by atoms with E-state index in [0.717, 1.165) is 11.1 Å². The van der Waals surface area contributed by atoms with Crippen molar-refractivity contribution in [3.63, 3.8) is 0 Å². The monoisotopic (exact) mass is 278 g/mol. The number of benzene rings is 1. The molecule has 1 heterocycles. The fourth-order valence-corrected chi connectivity index (χ4v) is 2.86. The van der Waals surface area contributed by atoms with Crippen LogP contribution in [0.4, 0.5) is 0 Å². The lowest BCUT2D eigenvalue weighted by atomic mass is 10.0. The van der Waals surface area contributed by atoms with E-state index in [1.54, 1.807) is 19.6 Å². The third kappa shape index (κ3) is 2.29. The predicted molar refractivity (Wildman–Crippen MR) is 74.6 cm³/mol.